The molecule has 0 radical (unpaired) electrons. The van der Waals surface area contributed by atoms with Crippen LogP contribution >= 0.6 is 11.8 Å². The number of ether oxygens (including phenoxy) is 1. The van der Waals surface area contributed by atoms with Crippen molar-refractivity contribution in [2.24, 2.45) is 10.9 Å². The number of sulfone groups is 1. The van der Waals surface area contributed by atoms with E-state index in [0.29, 0.717) is 24.8 Å². The molecular formula is C16H30N4O3S2. The second kappa shape index (κ2) is 8.56. The molecule has 144 valence electrons. The van der Waals surface area contributed by atoms with Gasteiger partial charge in [0.15, 0.2) is 9.84 Å². The van der Waals surface area contributed by atoms with Crippen molar-refractivity contribution < 1.29 is 13.2 Å². The molecule has 0 aromatic heterocycles. The SMILES string of the molecule is COC1=NCC(NCC2CCCS2)NC1C1CCC(S(C)(=O)=O)NC1. The van der Waals surface area contributed by atoms with Crippen LogP contribution in [0.15, 0.2) is 4.99 Å². The fourth-order valence-corrected chi connectivity index (χ4v) is 6.03. The normalized spacial score (nSPS) is 36.9. The zero-order chi connectivity index (χ0) is 17.9. The van der Waals surface area contributed by atoms with E-state index in [2.05, 4.69) is 20.9 Å². The average molecular weight is 391 g/mol. The maximum absolute atomic E-state index is 11.7. The molecule has 0 bridgehead atoms. The first kappa shape index (κ1) is 19.4. The number of piperidine rings is 1. The average Bonchev–Trinajstić information content (AvgIpc) is 3.12. The number of hydrogen-bond acceptors (Lipinski definition) is 8. The first-order valence-corrected chi connectivity index (χ1v) is 12.1. The van der Waals surface area contributed by atoms with Crippen molar-refractivity contribution in [2.45, 2.75) is 48.5 Å². The predicted molar refractivity (Wildman–Crippen MR) is 103 cm³/mol. The number of nitrogens with one attached hydrogen (secondary N) is 3. The highest BCUT2D eigenvalue weighted by atomic mass is 32.2. The summed E-state index contributed by atoms with van der Waals surface area (Å²) in [5.74, 6) is 2.29. The lowest BCUT2D eigenvalue weighted by atomic mass is 9.90. The summed E-state index contributed by atoms with van der Waals surface area (Å²) in [5.41, 5.74) is 0. The predicted octanol–water partition coefficient (Wildman–Crippen LogP) is 0.185. The molecule has 5 atom stereocenters. The lowest BCUT2D eigenvalue weighted by Gasteiger charge is -2.38. The van der Waals surface area contributed by atoms with Gasteiger partial charge < -0.3 is 10.1 Å². The molecule has 3 N–H and O–H groups in total. The molecule has 0 aliphatic carbocycles. The van der Waals surface area contributed by atoms with Gasteiger partial charge in [0, 0.05) is 24.6 Å². The van der Waals surface area contributed by atoms with Crippen LogP contribution in [-0.4, -0.2) is 75.9 Å². The van der Waals surface area contributed by atoms with Crippen LogP contribution in [0.5, 0.6) is 0 Å². The second-order valence-electron chi connectivity index (χ2n) is 7.19. The molecule has 0 saturated carbocycles. The molecule has 3 aliphatic heterocycles. The summed E-state index contributed by atoms with van der Waals surface area (Å²) < 4.78 is 28.9. The number of methoxy groups -OCH3 is 1. The highest BCUT2D eigenvalue weighted by Gasteiger charge is 2.37. The van der Waals surface area contributed by atoms with Crippen LogP contribution in [0.4, 0.5) is 0 Å². The number of aliphatic imine (C=N–C) groups is 1. The van der Waals surface area contributed by atoms with Crippen molar-refractivity contribution in [2.75, 3.05) is 38.8 Å². The van der Waals surface area contributed by atoms with Crippen molar-refractivity contribution in [3.63, 3.8) is 0 Å². The number of hydrogen-bond donors (Lipinski definition) is 3. The Bertz CT molecular complexity index is 570. The van der Waals surface area contributed by atoms with E-state index >= 15 is 0 Å². The minimum absolute atomic E-state index is 0.0282. The molecule has 7 nitrogen and oxygen atoms in total. The Kier molecular flexibility index (Phi) is 6.65. The number of nitrogens with zero attached hydrogens (tertiary/aromatic N) is 1. The van der Waals surface area contributed by atoms with Crippen molar-refractivity contribution in [3.8, 4) is 0 Å². The van der Waals surface area contributed by atoms with Gasteiger partial charge in [-0.15, -0.1) is 0 Å². The van der Waals surface area contributed by atoms with Crippen molar-refractivity contribution in [3.05, 3.63) is 0 Å². The van der Waals surface area contributed by atoms with Crippen molar-refractivity contribution >= 4 is 27.5 Å². The Morgan fingerprint density at radius 1 is 1.36 bits per heavy atom. The Morgan fingerprint density at radius 2 is 2.20 bits per heavy atom. The largest absolute Gasteiger partial charge is 0.483 e. The Balaban J connectivity index is 1.55. The third-order valence-electron chi connectivity index (χ3n) is 5.30. The molecule has 2 fully saturated rings. The summed E-state index contributed by atoms with van der Waals surface area (Å²) >= 11 is 2.05. The molecule has 25 heavy (non-hydrogen) atoms. The van der Waals surface area contributed by atoms with E-state index in [1.165, 1.54) is 24.9 Å². The Hall–Kier alpha value is -0.350. The number of rotatable bonds is 5. The van der Waals surface area contributed by atoms with E-state index in [0.717, 1.165) is 18.9 Å². The highest BCUT2D eigenvalue weighted by molar-refractivity contribution is 8.00. The molecule has 9 heteroatoms. The lowest BCUT2D eigenvalue weighted by molar-refractivity contribution is 0.239. The van der Waals surface area contributed by atoms with Crippen molar-refractivity contribution in [1.82, 2.24) is 16.0 Å². The zero-order valence-electron chi connectivity index (χ0n) is 15.0. The van der Waals surface area contributed by atoms with Crippen LogP contribution in [0.2, 0.25) is 0 Å². The minimum atomic E-state index is -3.04. The van der Waals surface area contributed by atoms with Gasteiger partial charge in [-0.05, 0) is 37.4 Å². The zero-order valence-corrected chi connectivity index (χ0v) is 16.7. The highest BCUT2D eigenvalue weighted by Crippen LogP contribution is 2.26. The summed E-state index contributed by atoms with van der Waals surface area (Å²) in [6.07, 6.45) is 5.54. The minimum Gasteiger partial charge on any atom is -0.483 e. The summed E-state index contributed by atoms with van der Waals surface area (Å²) in [6, 6.07) is 0.0282. The summed E-state index contributed by atoms with van der Waals surface area (Å²) in [5, 5.41) is 10.7. The van der Waals surface area contributed by atoms with Crippen molar-refractivity contribution in [1.29, 1.82) is 0 Å². The molecule has 3 aliphatic rings. The standard InChI is InChI=1S/C16H30N4O3S2/c1-23-16-15(11-5-6-14(18-8-11)25(2,21)22)20-13(10-19-16)17-9-12-4-3-7-24-12/h11-15,17-18,20H,3-10H2,1-2H3. The fourth-order valence-electron chi connectivity index (χ4n) is 3.85. The summed E-state index contributed by atoms with van der Waals surface area (Å²) in [4.78, 5) is 4.62. The molecule has 0 aromatic carbocycles. The molecule has 3 heterocycles. The number of thioether (sulfide) groups is 1. The van der Waals surface area contributed by atoms with Gasteiger partial charge in [0.1, 0.15) is 5.37 Å². The van der Waals surface area contributed by atoms with E-state index in [-0.39, 0.29) is 18.1 Å². The molecule has 0 aromatic rings. The van der Waals surface area contributed by atoms with Gasteiger partial charge >= 0.3 is 0 Å². The van der Waals surface area contributed by atoms with E-state index in [1.54, 1.807) is 7.11 Å². The molecule has 5 unspecified atom stereocenters. The topological polar surface area (TPSA) is 91.8 Å². The molecular weight excluding hydrogens is 360 g/mol. The first-order valence-electron chi connectivity index (χ1n) is 9.09. The van der Waals surface area contributed by atoms with Crippen LogP contribution < -0.4 is 16.0 Å². The van der Waals surface area contributed by atoms with Crippen LogP contribution in [-0.2, 0) is 14.6 Å². The van der Waals surface area contributed by atoms with Crippen LogP contribution in [0.1, 0.15) is 25.7 Å². The van der Waals surface area contributed by atoms with Gasteiger partial charge in [-0.25, -0.2) is 8.42 Å². The van der Waals surface area contributed by atoms with Crippen LogP contribution in [0, 0.1) is 5.92 Å². The third kappa shape index (κ3) is 5.09. The van der Waals surface area contributed by atoms with E-state index in [1.807, 2.05) is 11.8 Å². The van der Waals surface area contributed by atoms with E-state index < -0.39 is 15.2 Å². The van der Waals surface area contributed by atoms with E-state index in [9.17, 15) is 8.42 Å². The monoisotopic (exact) mass is 390 g/mol. The fraction of sp³-hybridized carbons (Fsp3) is 0.938. The van der Waals surface area contributed by atoms with Gasteiger partial charge in [-0.2, -0.15) is 11.8 Å². The lowest BCUT2D eigenvalue weighted by Crippen LogP contribution is -2.61. The Morgan fingerprint density at radius 3 is 2.80 bits per heavy atom. The van der Waals surface area contributed by atoms with Gasteiger partial charge in [-0.1, -0.05) is 0 Å². The van der Waals surface area contributed by atoms with Crippen LogP contribution in [0.3, 0.4) is 0 Å². The molecule has 2 saturated heterocycles. The quantitative estimate of drug-likeness (QED) is 0.617. The third-order valence-corrected chi connectivity index (χ3v) is 8.13. The molecule has 0 spiro atoms. The van der Waals surface area contributed by atoms with Gasteiger partial charge in [0.05, 0.1) is 25.9 Å². The molecule has 0 amide bonds. The summed E-state index contributed by atoms with van der Waals surface area (Å²) in [6.45, 7) is 2.33. The first-order chi connectivity index (χ1) is 12.0. The second-order valence-corrected chi connectivity index (χ2v) is 10.8. The maximum atomic E-state index is 11.7. The maximum Gasteiger partial charge on any atom is 0.201 e. The van der Waals surface area contributed by atoms with Gasteiger partial charge in [0.2, 0.25) is 5.90 Å². The Labute approximate surface area is 155 Å². The molecule has 3 rings (SSSR count). The van der Waals surface area contributed by atoms with E-state index in [4.69, 9.17) is 4.74 Å². The summed E-state index contributed by atoms with van der Waals surface area (Å²) in [7, 11) is -1.38. The van der Waals surface area contributed by atoms with Crippen LogP contribution in [0.25, 0.3) is 0 Å². The van der Waals surface area contributed by atoms with Gasteiger partial charge in [0.25, 0.3) is 0 Å². The van der Waals surface area contributed by atoms with Gasteiger partial charge in [-0.3, -0.25) is 15.6 Å². The smallest absolute Gasteiger partial charge is 0.201 e.